The first kappa shape index (κ1) is 45.7. The molecule has 0 saturated carbocycles. The highest BCUT2D eigenvalue weighted by atomic mass is 32.1. The van der Waals surface area contributed by atoms with Gasteiger partial charge in [-0.05, 0) is 110 Å². The van der Waals surface area contributed by atoms with Crippen LogP contribution >= 0.6 is 11.3 Å². The van der Waals surface area contributed by atoms with Gasteiger partial charge in [-0.25, -0.2) is 14.4 Å². The van der Waals surface area contributed by atoms with Crippen LogP contribution in [0.1, 0.15) is 92.7 Å². The van der Waals surface area contributed by atoms with E-state index in [-0.39, 0.29) is 35.6 Å². The topological polar surface area (TPSA) is 157 Å². The number of rotatable bonds is 15. The van der Waals surface area contributed by atoms with Gasteiger partial charge in [0, 0.05) is 63.0 Å². The van der Waals surface area contributed by atoms with E-state index in [1.165, 1.54) is 23.0 Å². The predicted molar refractivity (Wildman–Crippen MR) is 263 cm³/mol. The van der Waals surface area contributed by atoms with Gasteiger partial charge in [0.2, 0.25) is 11.8 Å². The van der Waals surface area contributed by atoms with Crippen molar-refractivity contribution in [1.29, 1.82) is 0 Å². The molecule has 4 aliphatic heterocycles. The lowest BCUT2D eigenvalue weighted by molar-refractivity contribution is -0.136. The minimum absolute atomic E-state index is 0.0223. The quantitative estimate of drug-likeness (QED) is 0.0756. The summed E-state index contributed by atoms with van der Waals surface area (Å²) in [4.78, 5) is 80.9. The van der Waals surface area contributed by atoms with Crippen LogP contribution < -0.4 is 25.2 Å². The van der Waals surface area contributed by atoms with Gasteiger partial charge in [0.15, 0.2) is 5.13 Å². The lowest BCUT2D eigenvalue weighted by Crippen LogP contribution is -2.54. The Morgan fingerprint density at radius 3 is 2.41 bits per heavy atom. The van der Waals surface area contributed by atoms with Crippen LogP contribution in [0.5, 0.6) is 5.75 Å². The Balaban J connectivity index is 0.649. The number of pyridine rings is 1. The number of benzene rings is 4. The fraction of sp³-hybridized carbons (Fsp3) is 0.340. The molecule has 69 heavy (non-hydrogen) atoms. The molecule has 4 aliphatic rings. The fourth-order valence-corrected chi connectivity index (χ4v) is 10.8. The van der Waals surface area contributed by atoms with Gasteiger partial charge >= 0.3 is 0 Å². The summed E-state index contributed by atoms with van der Waals surface area (Å²) in [5.41, 5.74) is 7.18. The lowest BCUT2D eigenvalue weighted by atomic mass is 9.94. The number of nitrogens with zero attached hydrogens (tertiary/aromatic N) is 6. The van der Waals surface area contributed by atoms with E-state index < -0.39 is 35.5 Å². The number of nitrogens with one attached hydrogen (secondary N) is 2. The molecule has 16 heteroatoms. The van der Waals surface area contributed by atoms with Crippen molar-refractivity contribution in [3.05, 3.63) is 130 Å². The summed E-state index contributed by atoms with van der Waals surface area (Å²) in [6.07, 6.45) is 8.09. The second-order valence-corrected chi connectivity index (χ2v) is 19.2. The van der Waals surface area contributed by atoms with Crippen LogP contribution in [0.4, 0.5) is 21.0 Å². The summed E-state index contributed by atoms with van der Waals surface area (Å²) in [6, 6.07) is 25.6. The van der Waals surface area contributed by atoms with Crippen molar-refractivity contribution in [2.45, 2.75) is 70.9 Å². The molecule has 1 unspecified atom stereocenters. The summed E-state index contributed by atoms with van der Waals surface area (Å²) >= 11 is 1.47. The highest BCUT2D eigenvalue weighted by Gasteiger charge is 2.45. The molecule has 0 spiro atoms. The average Bonchev–Trinajstić information content (AvgIpc) is 3.88. The molecule has 354 valence electrons. The van der Waals surface area contributed by atoms with Crippen molar-refractivity contribution in [3.63, 3.8) is 0 Å². The Bertz CT molecular complexity index is 2940. The van der Waals surface area contributed by atoms with E-state index in [1.807, 2.05) is 59.6 Å². The summed E-state index contributed by atoms with van der Waals surface area (Å²) in [5.74, 6) is -1.49. The molecular formula is C53H53FN8O6S. The van der Waals surface area contributed by atoms with Crippen molar-refractivity contribution < 1.29 is 33.1 Å². The van der Waals surface area contributed by atoms with Crippen molar-refractivity contribution >= 4 is 67.7 Å². The molecule has 0 bridgehead atoms. The molecule has 0 aliphatic carbocycles. The summed E-state index contributed by atoms with van der Waals surface area (Å²) in [5, 5.41) is 5.81. The predicted octanol–water partition coefficient (Wildman–Crippen LogP) is 8.17. The monoisotopic (exact) mass is 948 g/mol. The highest BCUT2D eigenvalue weighted by Crippen LogP contribution is 2.35. The zero-order chi connectivity index (χ0) is 47.6. The Morgan fingerprint density at radius 2 is 1.61 bits per heavy atom. The number of para-hydroxylation sites is 1. The number of piperidine rings is 1. The molecule has 14 nitrogen and oxygen atoms in total. The zero-order valence-electron chi connectivity index (χ0n) is 38.5. The van der Waals surface area contributed by atoms with Crippen molar-refractivity contribution in [3.8, 4) is 16.9 Å². The second-order valence-electron chi connectivity index (χ2n) is 18.1. The van der Waals surface area contributed by atoms with Gasteiger partial charge in [0.1, 0.15) is 23.4 Å². The Labute approximate surface area is 403 Å². The van der Waals surface area contributed by atoms with Crippen LogP contribution in [0.15, 0.2) is 91.1 Å². The van der Waals surface area contributed by atoms with Gasteiger partial charge in [0.05, 0.1) is 33.6 Å². The standard InChI is InChI=1S/C53H53FN8O6S/c1-33-36(35-17-19-47(55-31-35)61-23-21-34-11-9-13-37(40(34)32-61)49(64)58-53-56-42-14-5-6-16-46(42)69-53)12-10-15-45(33)68-28-8-4-2-3-7-22-59-24-26-60(27-25-59)44-30-39-38(29-41(44)54)51(66)62(52(39)67)43-18-20-48(63)57-50(43)65/h5-6,9-17,19,29-31,43H,2-4,7-8,18,20-28,32H2,1H3,(H,56,58,64)(H,57,63,65). The van der Waals surface area contributed by atoms with Gasteiger partial charge in [-0.3, -0.25) is 44.4 Å². The number of carbonyl (C=O) groups excluding carboxylic acids is 5. The number of carbonyl (C=O) groups is 5. The fourth-order valence-electron chi connectivity index (χ4n) is 9.98. The third-order valence-corrected chi connectivity index (χ3v) is 14.7. The van der Waals surface area contributed by atoms with E-state index in [1.54, 1.807) is 0 Å². The van der Waals surface area contributed by atoms with Gasteiger partial charge in [0.25, 0.3) is 17.7 Å². The second kappa shape index (κ2) is 19.9. The highest BCUT2D eigenvalue weighted by molar-refractivity contribution is 7.22. The number of amides is 5. The molecule has 2 aromatic heterocycles. The van der Waals surface area contributed by atoms with E-state index in [2.05, 4.69) is 56.6 Å². The van der Waals surface area contributed by atoms with Crippen LogP contribution in [0.3, 0.4) is 0 Å². The maximum Gasteiger partial charge on any atom is 0.262 e. The van der Waals surface area contributed by atoms with E-state index in [0.29, 0.717) is 36.9 Å². The SMILES string of the molecule is Cc1c(OCCCCCCCN2CCN(c3cc4c(cc3F)C(=O)N(C3CCC(=O)NC3=O)C4=O)CC2)cccc1-c1ccc(N2CCc3cccc(C(=O)Nc4nc5ccccc5s4)c3C2)nc1. The van der Waals surface area contributed by atoms with Crippen molar-refractivity contribution in [2.24, 2.45) is 0 Å². The Kier molecular flexibility index (Phi) is 13.2. The van der Waals surface area contributed by atoms with Gasteiger partial charge in [-0.15, -0.1) is 0 Å². The van der Waals surface area contributed by atoms with Crippen LogP contribution in [-0.4, -0.2) is 101 Å². The van der Waals surface area contributed by atoms with Crippen molar-refractivity contribution in [1.82, 2.24) is 25.1 Å². The van der Waals surface area contributed by atoms with Gasteiger partial charge in [-0.2, -0.15) is 0 Å². The average molecular weight is 949 g/mol. The third-order valence-electron chi connectivity index (χ3n) is 13.8. The molecule has 2 N–H and O–H groups in total. The van der Waals surface area contributed by atoms with E-state index in [0.717, 1.165) is 120 Å². The molecule has 0 radical (unpaired) electrons. The number of hydrogen-bond acceptors (Lipinski definition) is 12. The molecule has 2 saturated heterocycles. The van der Waals surface area contributed by atoms with Crippen LogP contribution in [0, 0.1) is 12.7 Å². The zero-order valence-corrected chi connectivity index (χ0v) is 39.3. The minimum Gasteiger partial charge on any atom is -0.493 e. The molecule has 4 aromatic carbocycles. The van der Waals surface area contributed by atoms with Gasteiger partial charge < -0.3 is 14.5 Å². The number of hydrogen-bond donors (Lipinski definition) is 2. The summed E-state index contributed by atoms with van der Waals surface area (Å²) in [7, 11) is 0. The Hall–Kier alpha value is -7.04. The number of halogens is 1. The number of anilines is 3. The number of unbranched alkanes of at least 4 members (excludes halogenated alkanes) is 4. The molecule has 10 rings (SSSR count). The molecule has 6 aromatic rings. The molecule has 6 heterocycles. The number of fused-ring (bicyclic) bond motifs is 3. The normalized spacial score (nSPS) is 17.3. The number of imide groups is 2. The molecular weight excluding hydrogens is 896 g/mol. The maximum atomic E-state index is 15.4. The largest absolute Gasteiger partial charge is 0.493 e. The minimum atomic E-state index is -1.09. The summed E-state index contributed by atoms with van der Waals surface area (Å²) < 4.78 is 22.7. The number of ether oxygens (including phenoxy) is 1. The van der Waals surface area contributed by atoms with E-state index in [4.69, 9.17) is 9.72 Å². The molecule has 2 fully saturated rings. The van der Waals surface area contributed by atoms with Crippen LogP contribution in [-0.2, 0) is 22.6 Å². The maximum absolute atomic E-state index is 15.4. The van der Waals surface area contributed by atoms with Gasteiger partial charge in [-0.1, -0.05) is 67.0 Å². The summed E-state index contributed by atoms with van der Waals surface area (Å²) in [6.45, 7) is 7.73. The number of aromatic nitrogens is 2. The first-order chi connectivity index (χ1) is 33.6. The number of piperazine rings is 1. The van der Waals surface area contributed by atoms with Crippen LogP contribution in [0.25, 0.3) is 21.3 Å². The van der Waals surface area contributed by atoms with E-state index in [9.17, 15) is 24.0 Å². The lowest BCUT2D eigenvalue weighted by Gasteiger charge is -2.36. The van der Waals surface area contributed by atoms with Crippen molar-refractivity contribution in [2.75, 3.05) is 61.0 Å². The third kappa shape index (κ3) is 9.55. The first-order valence-electron chi connectivity index (χ1n) is 23.8. The smallest absolute Gasteiger partial charge is 0.262 e. The first-order valence-corrected chi connectivity index (χ1v) is 24.6. The van der Waals surface area contributed by atoms with E-state index >= 15 is 4.39 Å². The number of thiazole rings is 1. The van der Waals surface area contributed by atoms with Crippen LogP contribution in [0.2, 0.25) is 0 Å². The molecule has 1 atom stereocenters. The molecule has 5 amide bonds. The Morgan fingerprint density at radius 1 is 0.826 bits per heavy atom.